The SMILES string of the molecule is COC(=O)[C@H](C)Nc1nccc(N2C(=O)OCC2C(C)C)n1. The Morgan fingerprint density at radius 3 is 2.86 bits per heavy atom. The van der Waals surface area contributed by atoms with E-state index in [9.17, 15) is 9.59 Å². The van der Waals surface area contributed by atoms with Crippen molar-refractivity contribution in [1.29, 1.82) is 0 Å². The predicted octanol–water partition coefficient (Wildman–Crippen LogP) is 1.43. The van der Waals surface area contributed by atoms with Gasteiger partial charge < -0.3 is 14.8 Å². The Bertz CT molecular complexity index is 564. The smallest absolute Gasteiger partial charge is 0.415 e. The number of ether oxygens (including phenoxy) is 2. The largest absolute Gasteiger partial charge is 0.467 e. The predicted molar refractivity (Wildman–Crippen MR) is 79.6 cm³/mol. The molecule has 1 fully saturated rings. The van der Waals surface area contributed by atoms with Gasteiger partial charge in [-0.25, -0.2) is 14.6 Å². The zero-order valence-corrected chi connectivity index (χ0v) is 13.1. The third-order valence-electron chi connectivity index (χ3n) is 3.46. The summed E-state index contributed by atoms with van der Waals surface area (Å²) in [5.74, 6) is 0.495. The first-order chi connectivity index (χ1) is 10.4. The molecule has 8 heteroatoms. The van der Waals surface area contributed by atoms with Crippen LogP contribution in [0.2, 0.25) is 0 Å². The molecule has 0 aromatic carbocycles. The first-order valence-corrected chi connectivity index (χ1v) is 7.07. The lowest BCUT2D eigenvalue weighted by molar-refractivity contribution is -0.141. The van der Waals surface area contributed by atoms with Gasteiger partial charge in [-0.2, -0.15) is 4.98 Å². The molecule has 22 heavy (non-hydrogen) atoms. The molecule has 2 rings (SSSR count). The molecule has 8 nitrogen and oxygen atoms in total. The van der Waals surface area contributed by atoms with Crippen molar-refractivity contribution in [2.75, 3.05) is 23.9 Å². The van der Waals surface area contributed by atoms with E-state index in [1.165, 1.54) is 18.2 Å². The molecule has 1 aromatic rings. The second kappa shape index (κ2) is 6.59. The maximum absolute atomic E-state index is 11.9. The highest BCUT2D eigenvalue weighted by molar-refractivity contribution is 5.89. The van der Waals surface area contributed by atoms with Crippen molar-refractivity contribution in [1.82, 2.24) is 9.97 Å². The van der Waals surface area contributed by atoms with Crippen LogP contribution in [0.5, 0.6) is 0 Å². The molecule has 0 saturated carbocycles. The summed E-state index contributed by atoms with van der Waals surface area (Å²) in [6, 6.07) is 0.968. The van der Waals surface area contributed by atoms with Crippen LogP contribution < -0.4 is 10.2 Å². The van der Waals surface area contributed by atoms with Crippen LogP contribution in [0.25, 0.3) is 0 Å². The molecule has 2 heterocycles. The molecule has 1 unspecified atom stereocenters. The summed E-state index contributed by atoms with van der Waals surface area (Å²) >= 11 is 0. The molecule has 0 radical (unpaired) electrons. The Balaban J connectivity index is 2.20. The van der Waals surface area contributed by atoms with Gasteiger partial charge in [0.15, 0.2) is 0 Å². The molecule has 1 aromatic heterocycles. The summed E-state index contributed by atoms with van der Waals surface area (Å²) in [7, 11) is 1.31. The minimum atomic E-state index is -0.591. The van der Waals surface area contributed by atoms with Crippen LogP contribution in [0.15, 0.2) is 12.3 Å². The van der Waals surface area contributed by atoms with E-state index < -0.39 is 18.1 Å². The summed E-state index contributed by atoms with van der Waals surface area (Å²) in [5.41, 5.74) is 0. The fourth-order valence-electron chi connectivity index (χ4n) is 2.17. The van der Waals surface area contributed by atoms with Crippen LogP contribution in [0.3, 0.4) is 0 Å². The number of aromatic nitrogens is 2. The van der Waals surface area contributed by atoms with E-state index in [2.05, 4.69) is 20.0 Å². The Hall–Kier alpha value is -2.38. The lowest BCUT2D eigenvalue weighted by Gasteiger charge is -2.23. The molecule has 1 aliphatic rings. The van der Waals surface area contributed by atoms with Gasteiger partial charge in [0.2, 0.25) is 5.95 Å². The number of amides is 1. The van der Waals surface area contributed by atoms with Gasteiger partial charge in [0.05, 0.1) is 13.2 Å². The fraction of sp³-hybridized carbons (Fsp3) is 0.571. The molecule has 120 valence electrons. The Labute approximate surface area is 128 Å². The highest BCUT2D eigenvalue weighted by Gasteiger charge is 2.37. The first-order valence-electron chi connectivity index (χ1n) is 7.07. The summed E-state index contributed by atoms with van der Waals surface area (Å²) < 4.78 is 9.74. The van der Waals surface area contributed by atoms with E-state index in [1.807, 2.05) is 13.8 Å². The molecule has 0 spiro atoms. The van der Waals surface area contributed by atoms with Gasteiger partial charge in [-0.05, 0) is 18.9 Å². The van der Waals surface area contributed by atoms with Gasteiger partial charge in [-0.1, -0.05) is 13.8 Å². The van der Waals surface area contributed by atoms with Gasteiger partial charge in [0.25, 0.3) is 0 Å². The molecule has 1 saturated heterocycles. The van der Waals surface area contributed by atoms with Crippen LogP contribution >= 0.6 is 0 Å². The molecule has 1 amide bonds. The molecular formula is C14H20N4O4. The van der Waals surface area contributed by atoms with Gasteiger partial charge >= 0.3 is 12.1 Å². The summed E-state index contributed by atoms with van der Waals surface area (Å²) in [6.45, 7) is 6.00. The number of anilines is 2. The first kappa shape index (κ1) is 16.0. The average Bonchev–Trinajstić information content (AvgIpc) is 2.88. The van der Waals surface area contributed by atoms with Gasteiger partial charge in [-0.3, -0.25) is 4.90 Å². The number of nitrogens with one attached hydrogen (secondary N) is 1. The number of cyclic esters (lactones) is 1. The average molecular weight is 308 g/mol. The van der Waals surface area contributed by atoms with Crippen molar-refractivity contribution < 1.29 is 19.1 Å². The van der Waals surface area contributed by atoms with Crippen LogP contribution in [-0.2, 0) is 14.3 Å². The van der Waals surface area contributed by atoms with E-state index >= 15 is 0 Å². The van der Waals surface area contributed by atoms with Crippen LogP contribution in [0, 0.1) is 5.92 Å². The van der Waals surface area contributed by atoms with E-state index in [1.54, 1.807) is 13.0 Å². The van der Waals surface area contributed by atoms with Crippen molar-refractivity contribution in [3.63, 3.8) is 0 Å². The topological polar surface area (TPSA) is 93.7 Å². The van der Waals surface area contributed by atoms with E-state index in [-0.39, 0.29) is 17.9 Å². The third-order valence-corrected chi connectivity index (χ3v) is 3.46. The quantitative estimate of drug-likeness (QED) is 0.822. The summed E-state index contributed by atoms with van der Waals surface area (Å²) in [5, 5.41) is 2.84. The Morgan fingerprint density at radius 1 is 1.50 bits per heavy atom. The zero-order valence-electron chi connectivity index (χ0n) is 13.1. The van der Waals surface area contributed by atoms with Gasteiger partial charge in [-0.15, -0.1) is 0 Å². The van der Waals surface area contributed by atoms with Gasteiger partial charge in [0.1, 0.15) is 18.5 Å². The van der Waals surface area contributed by atoms with E-state index in [0.717, 1.165) is 0 Å². The highest BCUT2D eigenvalue weighted by Crippen LogP contribution is 2.25. The number of methoxy groups -OCH3 is 1. The van der Waals surface area contributed by atoms with Crippen molar-refractivity contribution in [2.24, 2.45) is 5.92 Å². The molecule has 0 bridgehead atoms. The number of carbonyl (C=O) groups excluding carboxylic acids is 2. The minimum absolute atomic E-state index is 0.0757. The molecule has 0 aliphatic carbocycles. The van der Waals surface area contributed by atoms with Crippen molar-refractivity contribution in [3.05, 3.63) is 12.3 Å². The zero-order chi connectivity index (χ0) is 16.3. The maximum Gasteiger partial charge on any atom is 0.415 e. The van der Waals surface area contributed by atoms with Crippen LogP contribution in [0.4, 0.5) is 16.6 Å². The Kier molecular flexibility index (Phi) is 4.79. The molecule has 2 atom stereocenters. The monoisotopic (exact) mass is 308 g/mol. The Morgan fingerprint density at radius 2 is 2.23 bits per heavy atom. The van der Waals surface area contributed by atoms with E-state index in [4.69, 9.17) is 4.74 Å². The number of carbonyl (C=O) groups is 2. The lowest BCUT2D eigenvalue weighted by Crippen LogP contribution is -2.38. The van der Waals surface area contributed by atoms with E-state index in [0.29, 0.717) is 12.4 Å². The minimum Gasteiger partial charge on any atom is -0.467 e. The summed E-state index contributed by atoms with van der Waals surface area (Å²) in [6.07, 6.45) is 1.10. The van der Waals surface area contributed by atoms with Crippen LogP contribution in [-0.4, -0.2) is 47.8 Å². The molecule has 1 N–H and O–H groups in total. The number of esters is 1. The van der Waals surface area contributed by atoms with Gasteiger partial charge in [0, 0.05) is 6.20 Å². The number of hydrogen-bond acceptors (Lipinski definition) is 7. The normalized spacial score (nSPS) is 19.0. The lowest BCUT2D eigenvalue weighted by atomic mass is 10.0. The molecular weight excluding hydrogens is 288 g/mol. The fourth-order valence-corrected chi connectivity index (χ4v) is 2.17. The molecule has 1 aliphatic heterocycles. The van der Waals surface area contributed by atoms with Crippen molar-refractivity contribution in [2.45, 2.75) is 32.9 Å². The van der Waals surface area contributed by atoms with Crippen molar-refractivity contribution >= 4 is 23.8 Å². The van der Waals surface area contributed by atoms with Crippen molar-refractivity contribution in [3.8, 4) is 0 Å². The standard InChI is InChI=1S/C14H20N4O4/c1-8(2)10-7-22-14(20)18(10)11-5-6-15-13(17-11)16-9(3)12(19)21-4/h5-6,8-10H,7H2,1-4H3,(H,15,16,17)/t9-,10?/m0/s1. The maximum atomic E-state index is 11.9. The second-order valence-electron chi connectivity index (χ2n) is 5.39. The van der Waals surface area contributed by atoms with Crippen LogP contribution in [0.1, 0.15) is 20.8 Å². The highest BCUT2D eigenvalue weighted by atomic mass is 16.6. The third kappa shape index (κ3) is 3.26. The second-order valence-corrected chi connectivity index (χ2v) is 5.39. The number of hydrogen-bond donors (Lipinski definition) is 1. The summed E-state index contributed by atoms with van der Waals surface area (Å²) in [4.78, 5) is 33.2. The number of rotatable bonds is 5. The number of nitrogens with zero attached hydrogens (tertiary/aromatic N) is 3.